The molecule has 0 aromatic heterocycles. The first-order valence-corrected chi connectivity index (χ1v) is 4.83. The van der Waals surface area contributed by atoms with Gasteiger partial charge in [-0.15, -0.1) is 0 Å². The summed E-state index contributed by atoms with van der Waals surface area (Å²) in [6.45, 7) is 6.31. The molecule has 72 valence electrons. The Bertz CT molecular complexity index is 303. The van der Waals surface area contributed by atoms with Gasteiger partial charge in [-0.3, -0.25) is 0 Å². The van der Waals surface area contributed by atoms with Crippen molar-refractivity contribution in [1.29, 1.82) is 0 Å². The summed E-state index contributed by atoms with van der Waals surface area (Å²) in [6, 6.07) is 3.73. The first-order chi connectivity index (χ1) is 5.82. The molecule has 0 saturated carbocycles. The molecule has 3 heteroatoms. The van der Waals surface area contributed by atoms with Crippen LogP contribution < -0.4 is 5.73 Å². The van der Waals surface area contributed by atoms with E-state index in [4.69, 9.17) is 28.9 Å². The van der Waals surface area contributed by atoms with E-state index in [-0.39, 0.29) is 5.41 Å². The van der Waals surface area contributed by atoms with Crippen LogP contribution in [-0.4, -0.2) is 0 Å². The molecule has 1 nitrogen and oxygen atoms in total. The molecule has 0 aliphatic heterocycles. The second-order valence-electron chi connectivity index (χ2n) is 4.10. The average molecular weight is 218 g/mol. The Balaban J connectivity index is 3.29. The normalized spacial score (nSPS) is 11.8. The molecule has 0 amide bonds. The molecule has 1 rings (SSSR count). The summed E-state index contributed by atoms with van der Waals surface area (Å²) < 4.78 is 0. The largest absolute Gasteiger partial charge is 0.396 e. The Morgan fingerprint density at radius 1 is 1.08 bits per heavy atom. The van der Waals surface area contributed by atoms with E-state index in [0.717, 1.165) is 5.56 Å². The number of rotatable bonds is 0. The molecule has 0 aliphatic rings. The molecule has 2 N–H and O–H groups in total. The van der Waals surface area contributed by atoms with Crippen LogP contribution in [-0.2, 0) is 5.41 Å². The number of nitrogen functional groups attached to an aromatic ring is 1. The molecular formula is C10H13Cl2N. The first-order valence-electron chi connectivity index (χ1n) is 4.07. The van der Waals surface area contributed by atoms with Crippen LogP contribution in [0.3, 0.4) is 0 Å². The second-order valence-corrected chi connectivity index (χ2v) is 4.92. The lowest BCUT2D eigenvalue weighted by Gasteiger charge is -2.20. The monoisotopic (exact) mass is 217 g/mol. The Labute approximate surface area is 88.8 Å². The number of halogens is 2. The van der Waals surface area contributed by atoms with Gasteiger partial charge in [0.25, 0.3) is 0 Å². The molecule has 0 bridgehead atoms. The van der Waals surface area contributed by atoms with Crippen molar-refractivity contribution < 1.29 is 0 Å². The Morgan fingerprint density at radius 2 is 1.46 bits per heavy atom. The topological polar surface area (TPSA) is 26.0 Å². The smallest absolute Gasteiger partial charge is 0.0693 e. The average Bonchev–Trinajstić information content (AvgIpc) is 1.97. The van der Waals surface area contributed by atoms with Crippen molar-refractivity contribution in [3.63, 3.8) is 0 Å². The van der Waals surface area contributed by atoms with E-state index in [1.54, 1.807) is 0 Å². The zero-order valence-electron chi connectivity index (χ0n) is 7.99. The van der Waals surface area contributed by atoms with Crippen LogP contribution in [0.15, 0.2) is 12.1 Å². The molecule has 1 aromatic rings. The molecule has 0 fully saturated rings. The molecule has 0 aliphatic carbocycles. The highest BCUT2D eigenvalue weighted by atomic mass is 35.5. The fourth-order valence-electron chi connectivity index (χ4n) is 1.02. The fourth-order valence-corrected chi connectivity index (χ4v) is 1.50. The molecule has 0 spiro atoms. The summed E-state index contributed by atoms with van der Waals surface area (Å²) in [5, 5.41) is 1.05. The minimum Gasteiger partial charge on any atom is -0.396 e. The summed E-state index contributed by atoms with van der Waals surface area (Å²) in [7, 11) is 0. The highest BCUT2D eigenvalue weighted by Crippen LogP contribution is 2.33. The Morgan fingerprint density at radius 3 is 1.77 bits per heavy atom. The number of nitrogens with two attached hydrogens (primary N) is 1. The highest BCUT2D eigenvalue weighted by Gasteiger charge is 2.16. The summed E-state index contributed by atoms with van der Waals surface area (Å²) >= 11 is 11.8. The van der Waals surface area contributed by atoms with Gasteiger partial charge >= 0.3 is 0 Å². The third-order valence-corrected chi connectivity index (χ3v) is 2.57. The van der Waals surface area contributed by atoms with Crippen LogP contribution in [0.2, 0.25) is 10.0 Å². The van der Waals surface area contributed by atoms with E-state index in [1.807, 2.05) is 12.1 Å². The van der Waals surface area contributed by atoms with Crippen LogP contribution >= 0.6 is 23.2 Å². The molecular weight excluding hydrogens is 205 g/mol. The maximum absolute atomic E-state index is 5.92. The van der Waals surface area contributed by atoms with Gasteiger partial charge in [-0.05, 0) is 23.1 Å². The molecule has 0 heterocycles. The van der Waals surface area contributed by atoms with Crippen LogP contribution in [0.25, 0.3) is 0 Å². The fraction of sp³-hybridized carbons (Fsp3) is 0.400. The van der Waals surface area contributed by atoms with E-state index in [2.05, 4.69) is 20.8 Å². The maximum atomic E-state index is 5.92. The van der Waals surface area contributed by atoms with Crippen molar-refractivity contribution in [1.82, 2.24) is 0 Å². The number of benzene rings is 1. The van der Waals surface area contributed by atoms with E-state index in [1.165, 1.54) is 0 Å². The SMILES string of the molecule is CC(C)(C)c1cc(Cl)c(N)c(Cl)c1. The predicted octanol–water partition coefficient (Wildman–Crippen LogP) is 3.87. The summed E-state index contributed by atoms with van der Waals surface area (Å²) in [4.78, 5) is 0. The number of hydrogen-bond donors (Lipinski definition) is 1. The van der Waals surface area contributed by atoms with Gasteiger partial charge in [0.1, 0.15) is 0 Å². The van der Waals surface area contributed by atoms with E-state index < -0.39 is 0 Å². The number of anilines is 1. The van der Waals surface area contributed by atoms with Gasteiger partial charge in [0, 0.05) is 0 Å². The predicted molar refractivity (Wildman–Crippen MR) is 59.6 cm³/mol. The minimum atomic E-state index is 0.0426. The summed E-state index contributed by atoms with van der Waals surface area (Å²) in [6.07, 6.45) is 0. The molecule has 13 heavy (non-hydrogen) atoms. The molecule has 0 saturated heterocycles. The summed E-state index contributed by atoms with van der Waals surface area (Å²) in [5.74, 6) is 0. The van der Waals surface area contributed by atoms with Gasteiger partial charge in [0.15, 0.2) is 0 Å². The zero-order chi connectivity index (χ0) is 10.2. The minimum absolute atomic E-state index is 0.0426. The highest BCUT2D eigenvalue weighted by molar-refractivity contribution is 6.38. The van der Waals surface area contributed by atoms with Crippen LogP contribution in [0.4, 0.5) is 5.69 Å². The molecule has 1 aromatic carbocycles. The van der Waals surface area contributed by atoms with Gasteiger partial charge in [-0.25, -0.2) is 0 Å². The van der Waals surface area contributed by atoms with Gasteiger partial charge in [0.05, 0.1) is 15.7 Å². The van der Waals surface area contributed by atoms with Crippen LogP contribution in [0.5, 0.6) is 0 Å². The van der Waals surface area contributed by atoms with Crippen molar-refractivity contribution in [3.8, 4) is 0 Å². The summed E-state index contributed by atoms with van der Waals surface area (Å²) in [5.41, 5.74) is 7.22. The third-order valence-electron chi connectivity index (χ3n) is 1.95. The van der Waals surface area contributed by atoms with E-state index in [9.17, 15) is 0 Å². The van der Waals surface area contributed by atoms with Crippen molar-refractivity contribution in [2.45, 2.75) is 26.2 Å². The van der Waals surface area contributed by atoms with Crippen molar-refractivity contribution in [2.75, 3.05) is 5.73 Å². The van der Waals surface area contributed by atoms with Crippen molar-refractivity contribution in [3.05, 3.63) is 27.7 Å². The molecule has 0 unspecified atom stereocenters. The molecule has 0 atom stereocenters. The lowest BCUT2D eigenvalue weighted by Crippen LogP contribution is -2.11. The van der Waals surface area contributed by atoms with E-state index >= 15 is 0 Å². The maximum Gasteiger partial charge on any atom is 0.0693 e. The quantitative estimate of drug-likeness (QED) is 0.657. The van der Waals surface area contributed by atoms with Crippen LogP contribution in [0, 0.1) is 0 Å². The Kier molecular flexibility index (Phi) is 2.79. The van der Waals surface area contributed by atoms with Crippen molar-refractivity contribution in [2.24, 2.45) is 0 Å². The van der Waals surface area contributed by atoms with Gasteiger partial charge in [-0.2, -0.15) is 0 Å². The van der Waals surface area contributed by atoms with Crippen molar-refractivity contribution >= 4 is 28.9 Å². The molecule has 0 radical (unpaired) electrons. The Hall–Kier alpha value is -0.400. The van der Waals surface area contributed by atoms with Gasteiger partial charge < -0.3 is 5.73 Å². The van der Waals surface area contributed by atoms with Gasteiger partial charge in [0.2, 0.25) is 0 Å². The van der Waals surface area contributed by atoms with E-state index in [0.29, 0.717) is 15.7 Å². The van der Waals surface area contributed by atoms with Crippen LogP contribution in [0.1, 0.15) is 26.3 Å². The zero-order valence-corrected chi connectivity index (χ0v) is 9.50. The number of hydrogen-bond acceptors (Lipinski definition) is 1. The second kappa shape index (κ2) is 3.39. The first kappa shape index (κ1) is 10.7. The lowest BCUT2D eigenvalue weighted by atomic mass is 9.87. The standard InChI is InChI=1S/C10H13Cl2N/c1-10(2,3)6-4-7(11)9(13)8(12)5-6/h4-5H,13H2,1-3H3. The van der Waals surface area contributed by atoms with Gasteiger partial charge in [-0.1, -0.05) is 44.0 Å². The third kappa shape index (κ3) is 2.29. The lowest BCUT2D eigenvalue weighted by molar-refractivity contribution is 0.590.